The average Bonchev–Trinajstić information content (AvgIpc) is 3.14. The first kappa shape index (κ1) is 22.1. The van der Waals surface area contributed by atoms with Gasteiger partial charge in [0.05, 0.1) is 17.3 Å². The van der Waals surface area contributed by atoms with Crippen molar-refractivity contribution in [2.75, 3.05) is 52.4 Å². The first-order valence-electron chi connectivity index (χ1n) is 9.36. The fraction of sp³-hybridized carbons (Fsp3) is 0.333. The molecule has 3 aromatic rings. The number of halogens is 1. The summed E-state index contributed by atoms with van der Waals surface area (Å²) >= 11 is 1.48. The van der Waals surface area contributed by atoms with E-state index in [1.54, 1.807) is 36.3 Å². The van der Waals surface area contributed by atoms with E-state index in [0.29, 0.717) is 42.0 Å². The van der Waals surface area contributed by atoms with E-state index < -0.39 is 0 Å². The molecule has 1 amide bonds. The van der Waals surface area contributed by atoms with E-state index in [-0.39, 0.29) is 18.3 Å². The molecule has 1 aliphatic heterocycles. The Morgan fingerprint density at radius 2 is 1.77 bits per heavy atom. The van der Waals surface area contributed by atoms with E-state index in [1.165, 1.54) is 11.3 Å². The van der Waals surface area contributed by atoms with Crippen molar-refractivity contribution in [1.29, 1.82) is 0 Å². The van der Waals surface area contributed by atoms with Crippen molar-refractivity contribution in [3.05, 3.63) is 42.0 Å². The van der Waals surface area contributed by atoms with Crippen LogP contribution in [0.25, 0.3) is 10.2 Å². The van der Waals surface area contributed by atoms with Gasteiger partial charge >= 0.3 is 0 Å². The van der Waals surface area contributed by atoms with Gasteiger partial charge < -0.3 is 19.1 Å². The number of benzene rings is 2. The summed E-state index contributed by atoms with van der Waals surface area (Å²) in [5.74, 6) is 2.04. The van der Waals surface area contributed by atoms with E-state index in [9.17, 15) is 4.79 Å². The maximum absolute atomic E-state index is 13.3. The topological polar surface area (TPSA) is 64.1 Å². The molecule has 0 saturated heterocycles. The minimum Gasteiger partial charge on any atom is -0.497 e. The number of ether oxygens (including phenoxy) is 3. The number of anilines is 1. The van der Waals surface area contributed by atoms with E-state index >= 15 is 0 Å². The number of thiazole rings is 1. The number of methoxy groups -OCH3 is 1. The van der Waals surface area contributed by atoms with Crippen LogP contribution in [0.3, 0.4) is 0 Å². The summed E-state index contributed by atoms with van der Waals surface area (Å²) in [7, 11) is 5.57. The van der Waals surface area contributed by atoms with Crippen LogP contribution in [0.2, 0.25) is 0 Å². The second-order valence-electron chi connectivity index (χ2n) is 6.95. The van der Waals surface area contributed by atoms with Crippen molar-refractivity contribution in [2.45, 2.75) is 0 Å². The Balaban J connectivity index is 0.00000256. The first-order chi connectivity index (χ1) is 14.0. The van der Waals surface area contributed by atoms with Gasteiger partial charge in [-0.15, -0.1) is 12.4 Å². The Labute approximate surface area is 185 Å². The van der Waals surface area contributed by atoms with Crippen LogP contribution in [-0.2, 0) is 0 Å². The molecule has 1 aromatic heterocycles. The molecule has 2 aromatic carbocycles. The zero-order valence-corrected chi connectivity index (χ0v) is 18.7. The maximum atomic E-state index is 13.3. The first-order valence-corrected chi connectivity index (χ1v) is 10.2. The number of likely N-dealkylation sites (N-methyl/N-ethyl adjacent to an activating group) is 1. The summed E-state index contributed by atoms with van der Waals surface area (Å²) in [6.45, 7) is 2.32. The lowest BCUT2D eigenvalue weighted by Crippen LogP contribution is -2.36. The molecule has 0 aliphatic carbocycles. The van der Waals surface area contributed by atoms with Crippen LogP contribution in [0, 0.1) is 0 Å². The highest BCUT2D eigenvalue weighted by Gasteiger charge is 2.23. The average molecular weight is 450 g/mol. The summed E-state index contributed by atoms with van der Waals surface area (Å²) in [5.41, 5.74) is 1.39. The lowest BCUT2D eigenvalue weighted by atomic mass is 10.2. The number of hydrogen-bond acceptors (Lipinski definition) is 7. The molecule has 0 bridgehead atoms. The lowest BCUT2D eigenvalue weighted by Gasteiger charge is -2.22. The smallest absolute Gasteiger partial charge is 0.260 e. The van der Waals surface area contributed by atoms with Gasteiger partial charge in [0.2, 0.25) is 0 Å². The van der Waals surface area contributed by atoms with Gasteiger partial charge in [-0.05, 0) is 38.4 Å². The Kier molecular flexibility index (Phi) is 7.02. The predicted molar refractivity (Wildman–Crippen MR) is 121 cm³/mol. The van der Waals surface area contributed by atoms with E-state index in [1.807, 2.05) is 31.1 Å². The molecule has 0 saturated carbocycles. The Morgan fingerprint density at radius 3 is 2.40 bits per heavy atom. The zero-order chi connectivity index (χ0) is 20.4. The molecule has 0 spiro atoms. The van der Waals surface area contributed by atoms with Gasteiger partial charge in [-0.2, -0.15) is 0 Å². The highest BCUT2D eigenvalue weighted by molar-refractivity contribution is 7.22. The highest BCUT2D eigenvalue weighted by atomic mass is 35.5. The number of fused-ring (bicyclic) bond motifs is 2. The van der Waals surface area contributed by atoms with Crippen molar-refractivity contribution in [3.63, 3.8) is 0 Å². The summed E-state index contributed by atoms with van der Waals surface area (Å²) in [6, 6.07) is 10.9. The summed E-state index contributed by atoms with van der Waals surface area (Å²) in [5, 5.41) is 0.657. The molecule has 0 atom stereocenters. The normalized spacial score (nSPS) is 12.5. The van der Waals surface area contributed by atoms with Crippen molar-refractivity contribution in [1.82, 2.24) is 9.88 Å². The molecule has 2 heterocycles. The Bertz CT molecular complexity index is 980. The second kappa shape index (κ2) is 9.51. The molecule has 0 radical (unpaired) electrons. The number of nitrogens with zero attached hydrogens (tertiary/aromatic N) is 3. The molecule has 0 N–H and O–H groups in total. The quantitative estimate of drug-likeness (QED) is 0.571. The number of aromatic nitrogens is 1. The predicted octanol–water partition coefficient (Wildman–Crippen LogP) is 3.71. The van der Waals surface area contributed by atoms with Crippen LogP contribution in [0.1, 0.15) is 10.4 Å². The standard InChI is InChI=1S/C21H23N3O4S.ClH/c1-23(2)8-9-24(20(25)14-4-6-15(26-3)7-5-14)21-22-16-12-17-18(13-19(16)29-21)28-11-10-27-17;/h4-7,12-13H,8-11H2,1-3H3;1H. The number of amides is 1. The fourth-order valence-electron chi connectivity index (χ4n) is 3.04. The van der Waals surface area contributed by atoms with Gasteiger partial charge in [0, 0.05) is 30.8 Å². The second-order valence-corrected chi connectivity index (χ2v) is 7.96. The van der Waals surface area contributed by atoms with E-state index in [0.717, 1.165) is 22.5 Å². The number of hydrogen-bond donors (Lipinski definition) is 0. The summed E-state index contributed by atoms with van der Waals surface area (Å²) in [6.07, 6.45) is 0. The van der Waals surface area contributed by atoms with Crippen LogP contribution in [-0.4, -0.2) is 63.3 Å². The van der Waals surface area contributed by atoms with Gasteiger partial charge in [-0.3, -0.25) is 9.69 Å². The van der Waals surface area contributed by atoms with Crippen LogP contribution in [0.4, 0.5) is 5.13 Å². The van der Waals surface area contributed by atoms with E-state index in [4.69, 9.17) is 19.2 Å². The highest BCUT2D eigenvalue weighted by Crippen LogP contribution is 2.39. The van der Waals surface area contributed by atoms with Gasteiger partial charge in [-0.1, -0.05) is 11.3 Å². The number of rotatable bonds is 6. The number of carbonyl (C=O) groups excluding carboxylic acids is 1. The largest absolute Gasteiger partial charge is 0.497 e. The lowest BCUT2D eigenvalue weighted by molar-refractivity contribution is 0.0985. The molecule has 0 fully saturated rings. The minimum atomic E-state index is -0.0918. The van der Waals surface area contributed by atoms with Crippen molar-refractivity contribution < 1.29 is 19.0 Å². The summed E-state index contributed by atoms with van der Waals surface area (Å²) in [4.78, 5) is 21.8. The van der Waals surface area contributed by atoms with Crippen molar-refractivity contribution >= 4 is 45.0 Å². The van der Waals surface area contributed by atoms with Crippen molar-refractivity contribution in [2.24, 2.45) is 0 Å². The third kappa shape index (κ3) is 4.61. The van der Waals surface area contributed by atoms with Gasteiger partial charge in [0.1, 0.15) is 19.0 Å². The SMILES string of the molecule is COc1ccc(C(=O)N(CCN(C)C)c2nc3cc4c(cc3s2)OCCO4)cc1.Cl. The molecule has 30 heavy (non-hydrogen) atoms. The van der Waals surface area contributed by atoms with Gasteiger partial charge in [0.25, 0.3) is 5.91 Å². The summed E-state index contributed by atoms with van der Waals surface area (Å²) < 4.78 is 17.5. The fourth-order valence-corrected chi connectivity index (χ4v) is 4.04. The monoisotopic (exact) mass is 449 g/mol. The van der Waals surface area contributed by atoms with Gasteiger partial charge in [-0.25, -0.2) is 4.98 Å². The van der Waals surface area contributed by atoms with Gasteiger partial charge in [0.15, 0.2) is 16.6 Å². The molecular weight excluding hydrogens is 426 g/mol. The zero-order valence-electron chi connectivity index (χ0n) is 17.1. The van der Waals surface area contributed by atoms with Crippen LogP contribution < -0.4 is 19.1 Å². The molecule has 0 unspecified atom stereocenters. The van der Waals surface area contributed by atoms with E-state index in [2.05, 4.69) is 0 Å². The molecule has 9 heteroatoms. The maximum Gasteiger partial charge on any atom is 0.260 e. The molecule has 7 nitrogen and oxygen atoms in total. The number of carbonyl (C=O) groups is 1. The third-order valence-corrected chi connectivity index (χ3v) is 5.67. The molecule has 160 valence electrons. The Morgan fingerprint density at radius 1 is 1.10 bits per heavy atom. The van der Waals surface area contributed by atoms with Crippen LogP contribution in [0.5, 0.6) is 17.2 Å². The molecule has 1 aliphatic rings. The van der Waals surface area contributed by atoms with Crippen LogP contribution in [0.15, 0.2) is 36.4 Å². The minimum absolute atomic E-state index is 0. The van der Waals surface area contributed by atoms with Crippen molar-refractivity contribution in [3.8, 4) is 17.2 Å². The third-order valence-electron chi connectivity index (χ3n) is 4.62. The molecule has 4 rings (SSSR count). The Hall–Kier alpha value is -2.55. The molecular formula is C21H24ClN3O4S. The van der Waals surface area contributed by atoms with Crippen LogP contribution >= 0.6 is 23.7 Å².